The van der Waals surface area contributed by atoms with E-state index in [1.54, 1.807) is 18.5 Å². The summed E-state index contributed by atoms with van der Waals surface area (Å²) in [6.07, 6.45) is 3.39. The largest absolute Gasteiger partial charge is 0.456 e. The lowest BCUT2D eigenvalue weighted by atomic mass is 10.2. The van der Waals surface area contributed by atoms with E-state index in [0.29, 0.717) is 4.88 Å². The van der Waals surface area contributed by atoms with Crippen molar-refractivity contribution in [2.24, 2.45) is 0 Å². The summed E-state index contributed by atoms with van der Waals surface area (Å²) in [5, 5.41) is 0. The summed E-state index contributed by atoms with van der Waals surface area (Å²) in [6, 6.07) is 5.45. The third-order valence-electron chi connectivity index (χ3n) is 2.09. The molecule has 2 heterocycles. The van der Waals surface area contributed by atoms with Gasteiger partial charge in [-0.1, -0.05) is 0 Å². The van der Waals surface area contributed by atoms with E-state index in [9.17, 15) is 4.79 Å². The second-order valence-corrected chi connectivity index (χ2v) is 5.62. The van der Waals surface area contributed by atoms with Crippen LogP contribution in [0.25, 0.3) is 11.3 Å². The normalized spacial score (nSPS) is 11.3. The zero-order valence-corrected chi connectivity index (χ0v) is 11.3. The molecule has 0 aliphatic carbocycles. The Morgan fingerprint density at radius 2 is 1.94 bits per heavy atom. The molecule has 0 aliphatic heterocycles. The van der Waals surface area contributed by atoms with Gasteiger partial charge in [-0.05, 0) is 50.5 Å². The predicted octanol–water partition coefficient (Wildman–Crippen LogP) is 3.16. The first-order valence-electron chi connectivity index (χ1n) is 5.56. The Labute approximate surface area is 110 Å². The minimum absolute atomic E-state index is 0.333. The first-order chi connectivity index (χ1) is 8.46. The second kappa shape index (κ2) is 4.86. The van der Waals surface area contributed by atoms with E-state index in [0.717, 1.165) is 22.8 Å². The highest BCUT2D eigenvalue weighted by molar-refractivity contribution is 7.08. The smallest absolute Gasteiger partial charge is 0.350 e. The lowest BCUT2D eigenvalue weighted by Gasteiger charge is -2.18. The van der Waals surface area contributed by atoms with Gasteiger partial charge >= 0.3 is 5.97 Å². The molecule has 94 valence electrons. The van der Waals surface area contributed by atoms with Gasteiger partial charge in [0.2, 0.25) is 0 Å². The lowest BCUT2D eigenvalue weighted by Crippen LogP contribution is -2.23. The molecule has 4 nitrogen and oxygen atoms in total. The van der Waals surface area contributed by atoms with Crippen molar-refractivity contribution in [1.29, 1.82) is 0 Å². The highest BCUT2D eigenvalue weighted by atomic mass is 32.1. The molecule has 2 rings (SSSR count). The van der Waals surface area contributed by atoms with Crippen LogP contribution in [0.5, 0.6) is 0 Å². The molecular weight excluding hydrogens is 248 g/mol. The molecule has 0 spiro atoms. The van der Waals surface area contributed by atoms with E-state index in [2.05, 4.69) is 9.36 Å². The molecule has 18 heavy (non-hydrogen) atoms. The number of carbonyl (C=O) groups excluding carboxylic acids is 1. The van der Waals surface area contributed by atoms with E-state index >= 15 is 0 Å². The average Bonchev–Trinajstić information content (AvgIpc) is 2.77. The van der Waals surface area contributed by atoms with Crippen LogP contribution in [0.2, 0.25) is 0 Å². The molecule has 0 N–H and O–H groups in total. The zero-order chi connectivity index (χ0) is 13.2. The predicted molar refractivity (Wildman–Crippen MR) is 70.5 cm³/mol. The number of ether oxygens (including phenoxy) is 1. The van der Waals surface area contributed by atoms with Crippen LogP contribution >= 0.6 is 11.5 Å². The Bertz CT molecular complexity index is 544. The Morgan fingerprint density at radius 1 is 1.28 bits per heavy atom. The quantitative estimate of drug-likeness (QED) is 0.780. The summed E-state index contributed by atoms with van der Waals surface area (Å²) in [5.41, 5.74) is 1.22. The van der Waals surface area contributed by atoms with E-state index in [1.807, 2.05) is 32.9 Å². The van der Waals surface area contributed by atoms with Gasteiger partial charge in [0.1, 0.15) is 10.5 Å². The van der Waals surface area contributed by atoms with Crippen LogP contribution in [-0.2, 0) is 4.74 Å². The van der Waals surface area contributed by atoms with Gasteiger partial charge < -0.3 is 4.74 Å². The summed E-state index contributed by atoms with van der Waals surface area (Å²) < 4.78 is 9.54. The van der Waals surface area contributed by atoms with Crippen LogP contribution in [-0.4, -0.2) is 20.9 Å². The van der Waals surface area contributed by atoms with Gasteiger partial charge in [0, 0.05) is 18.0 Å². The van der Waals surface area contributed by atoms with Crippen molar-refractivity contribution in [3.05, 3.63) is 35.5 Å². The van der Waals surface area contributed by atoms with Gasteiger partial charge in [-0.25, -0.2) is 4.79 Å². The number of hydrogen-bond donors (Lipinski definition) is 0. The Balaban J connectivity index is 2.19. The van der Waals surface area contributed by atoms with Crippen LogP contribution < -0.4 is 0 Å². The first-order valence-corrected chi connectivity index (χ1v) is 6.33. The van der Waals surface area contributed by atoms with E-state index in [-0.39, 0.29) is 5.97 Å². The Morgan fingerprint density at radius 3 is 2.56 bits per heavy atom. The van der Waals surface area contributed by atoms with Crippen molar-refractivity contribution >= 4 is 17.5 Å². The summed E-state index contributed by atoms with van der Waals surface area (Å²) in [4.78, 5) is 16.3. The van der Waals surface area contributed by atoms with Crippen molar-refractivity contribution in [3.8, 4) is 11.3 Å². The van der Waals surface area contributed by atoms with Gasteiger partial charge in [0.15, 0.2) is 0 Å². The molecule has 0 aliphatic rings. The fourth-order valence-electron chi connectivity index (χ4n) is 1.36. The monoisotopic (exact) mass is 262 g/mol. The highest BCUT2D eigenvalue weighted by Gasteiger charge is 2.20. The molecule has 2 aromatic heterocycles. The zero-order valence-electron chi connectivity index (χ0n) is 10.5. The lowest BCUT2D eigenvalue weighted by molar-refractivity contribution is 0.00753. The van der Waals surface area contributed by atoms with Crippen molar-refractivity contribution in [2.75, 3.05) is 0 Å². The number of rotatable bonds is 2. The van der Waals surface area contributed by atoms with Gasteiger partial charge in [-0.3, -0.25) is 4.98 Å². The van der Waals surface area contributed by atoms with Crippen LogP contribution in [0.1, 0.15) is 30.4 Å². The third kappa shape index (κ3) is 3.13. The SMILES string of the molecule is CC(C)(C)OC(=O)c1cc(-c2ccncc2)ns1. The fourth-order valence-corrected chi connectivity index (χ4v) is 1.99. The summed E-state index contributed by atoms with van der Waals surface area (Å²) in [5.74, 6) is -0.333. The standard InChI is InChI=1S/C13H14N2O2S/c1-13(2,3)17-12(16)11-8-10(15-18-11)9-4-6-14-7-5-9/h4-8H,1-3H3. The van der Waals surface area contributed by atoms with Crippen LogP contribution in [0.4, 0.5) is 0 Å². The van der Waals surface area contributed by atoms with Crippen molar-refractivity contribution < 1.29 is 9.53 Å². The minimum Gasteiger partial charge on any atom is -0.456 e. The highest BCUT2D eigenvalue weighted by Crippen LogP contribution is 2.23. The molecule has 0 radical (unpaired) electrons. The van der Waals surface area contributed by atoms with Gasteiger partial charge in [-0.2, -0.15) is 4.37 Å². The Hall–Kier alpha value is -1.75. The number of nitrogens with zero attached hydrogens (tertiary/aromatic N) is 2. The fraction of sp³-hybridized carbons (Fsp3) is 0.308. The van der Waals surface area contributed by atoms with Crippen molar-refractivity contribution in [3.63, 3.8) is 0 Å². The summed E-state index contributed by atoms with van der Waals surface area (Å²) >= 11 is 1.15. The molecule has 0 fully saturated rings. The van der Waals surface area contributed by atoms with Crippen LogP contribution in [0.3, 0.4) is 0 Å². The maximum atomic E-state index is 11.8. The Kier molecular flexibility index (Phi) is 3.43. The number of pyridine rings is 1. The molecule has 0 bridgehead atoms. The van der Waals surface area contributed by atoms with Gasteiger partial charge in [0.05, 0.1) is 5.69 Å². The molecule has 0 aromatic carbocycles. The van der Waals surface area contributed by atoms with E-state index < -0.39 is 5.60 Å². The summed E-state index contributed by atoms with van der Waals surface area (Å²) in [6.45, 7) is 5.53. The molecule has 0 unspecified atom stereocenters. The van der Waals surface area contributed by atoms with Gasteiger partial charge in [0.25, 0.3) is 0 Å². The number of carbonyl (C=O) groups is 1. The molecule has 5 heteroatoms. The molecule has 0 atom stereocenters. The third-order valence-corrected chi connectivity index (χ3v) is 2.86. The number of esters is 1. The van der Waals surface area contributed by atoms with Crippen molar-refractivity contribution in [2.45, 2.75) is 26.4 Å². The molecule has 2 aromatic rings. The topological polar surface area (TPSA) is 52.1 Å². The second-order valence-electron chi connectivity index (χ2n) is 4.81. The van der Waals surface area contributed by atoms with Gasteiger partial charge in [-0.15, -0.1) is 0 Å². The van der Waals surface area contributed by atoms with E-state index in [1.165, 1.54) is 0 Å². The number of aromatic nitrogens is 2. The molecular formula is C13H14N2O2S. The van der Waals surface area contributed by atoms with Crippen LogP contribution in [0.15, 0.2) is 30.6 Å². The maximum Gasteiger partial charge on any atom is 0.350 e. The van der Waals surface area contributed by atoms with E-state index in [4.69, 9.17) is 4.74 Å². The maximum absolute atomic E-state index is 11.8. The first kappa shape index (κ1) is 12.7. The average molecular weight is 262 g/mol. The minimum atomic E-state index is -0.488. The number of hydrogen-bond acceptors (Lipinski definition) is 5. The van der Waals surface area contributed by atoms with Crippen molar-refractivity contribution in [1.82, 2.24) is 9.36 Å². The molecule has 0 amide bonds. The summed E-state index contributed by atoms with van der Waals surface area (Å²) in [7, 11) is 0. The molecule has 0 saturated carbocycles. The molecule has 0 saturated heterocycles. The van der Waals surface area contributed by atoms with Crippen LogP contribution in [0, 0.1) is 0 Å².